The Bertz CT molecular complexity index is 587. The van der Waals surface area contributed by atoms with E-state index in [4.69, 9.17) is 5.11 Å². The van der Waals surface area contributed by atoms with Crippen LogP contribution in [0.2, 0.25) is 0 Å². The molecule has 0 saturated heterocycles. The number of aliphatic carboxylic acids is 1. The molecule has 0 radical (unpaired) electrons. The van der Waals surface area contributed by atoms with Gasteiger partial charge in [-0.05, 0) is 37.5 Å². The minimum atomic E-state index is -4.52. The standard InChI is InChI=1S/C16H19F4NO3/c1-10-12(6-4-7-13(10)17)14(22)21-8-3-2-5-11(15(23)24)9-16(18,19)20/h4,6-7,11H,2-3,5,8-9H2,1H3,(H,21,22)(H,23,24). The largest absolute Gasteiger partial charge is 0.481 e. The van der Waals surface area contributed by atoms with E-state index < -0.39 is 36.2 Å². The predicted octanol–water partition coefficient (Wildman–Crippen LogP) is 3.69. The Labute approximate surface area is 136 Å². The van der Waals surface area contributed by atoms with Crippen LogP contribution < -0.4 is 5.32 Å². The highest BCUT2D eigenvalue weighted by Gasteiger charge is 2.34. The Kier molecular flexibility index (Phi) is 7.18. The first-order valence-corrected chi connectivity index (χ1v) is 7.44. The van der Waals surface area contributed by atoms with Gasteiger partial charge in [-0.3, -0.25) is 9.59 Å². The van der Waals surface area contributed by atoms with E-state index in [1.807, 2.05) is 0 Å². The predicted molar refractivity (Wildman–Crippen MR) is 79.1 cm³/mol. The molecule has 1 aromatic rings. The number of carboxylic acids is 1. The fourth-order valence-corrected chi connectivity index (χ4v) is 2.26. The second-order valence-corrected chi connectivity index (χ2v) is 5.52. The van der Waals surface area contributed by atoms with Gasteiger partial charge in [0.15, 0.2) is 0 Å². The van der Waals surface area contributed by atoms with E-state index in [0.717, 1.165) is 0 Å². The summed E-state index contributed by atoms with van der Waals surface area (Å²) < 4.78 is 50.1. The molecular weight excluding hydrogens is 330 g/mol. The summed E-state index contributed by atoms with van der Waals surface area (Å²) in [4.78, 5) is 22.7. The molecule has 0 saturated carbocycles. The summed E-state index contributed by atoms with van der Waals surface area (Å²) in [5, 5.41) is 11.3. The van der Waals surface area contributed by atoms with Crippen molar-refractivity contribution >= 4 is 11.9 Å². The summed E-state index contributed by atoms with van der Waals surface area (Å²) in [5.74, 6) is -3.94. The molecule has 0 aliphatic carbocycles. The zero-order valence-corrected chi connectivity index (χ0v) is 13.1. The molecule has 0 aliphatic heterocycles. The van der Waals surface area contributed by atoms with Gasteiger partial charge < -0.3 is 10.4 Å². The van der Waals surface area contributed by atoms with Gasteiger partial charge >= 0.3 is 12.1 Å². The summed E-state index contributed by atoms with van der Waals surface area (Å²) in [5.41, 5.74) is 0.404. The number of alkyl halides is 3. The van der Waals surface area contributed by atoms with Gasteiger partial charge in [-0.25, -0.2) is 4.39 Å². The van der Waals surface area contributed by atoms with Crippen molar-refractivity contribution in [2.75, 3.05) is 6.54 Å². The highest BCUT2D eigenvalue weighted by atomic mass is 19.4. The maximum atomic E-state index is 13.4. The molecule has 2 N–H and O–H groups in total. The van der Waals surface area contributed by atoms with Crippen molar-refractivity contribution in [2.45, 2.75) is 38.8 Å². The third kappa shape index (κ3) is 6.55. The molecule has 8 heteroatoms. The third-order valence-corrected chi connectivity index (χ3v) is 3.60. The minimum absolute atomic E-state index is 0.121. The molecule has 1 aromatic carbocycles. The van der Waals surface area contributed by atoms with Crippen LogP contribution in [0.4, 0.5) is 17.6 Å². The zero-order valence-electron chi connectivity index (χ0n) is 13.1. The van der Waals surface area contributed by atoms with Gasteiger partial charge in [0.1, 0.15) is 5.82 Å². The highest BCUT2D eigenvalue weighted by Crippen LogP contribution is 2.27. The Morgan fingerprint density at radius 2 is 1.92 bits per heavy atom. The van der Waals surface area contributed by atoms with Gasteiger partial charge in [-0.1, -0.05) is 12.5 Å². The van der Waals surface area contributed by atoms with Crippen LogP contribution >= 0.6 is 0 Å². The van der Waals surface area contributed by atoms with E-state index in [2.05, 4.69) is 5.32 Å². The van der Waals surface area contributed by atoms with Crippen molar-refractivity contribution in [1.29, 1.82) is 0 Å². The number of rotatable bonds is 8. The van der Waals surface area contributed by atoms with Crippen LogP contribution in [0.1, 0.15) is 41.6 Å². The quantitative estimate of drug-likeness (QED) is 0.556. The first-order chi connectivity index (χ1) is 11.1. The number of amides is 1. The fourth-order valence-electron chi connectivity index (χ4n) is 2.26. The van der Waals surface area contributed by atoms with E-state index in [-0.39, 0.29) is 30.5 Å². The molecule has 0 aliphatic rings. The second-order valence-electron chi connectivity index (χ2n) is 5.52. The molecular formula is C16H19F4NO3. The van der Waals surface area contributed by atoms with E-state index in [0.29, 0.717) is 6.42 Å². The normalized spacial score (nSPS) is 12.7. The lowest BCUT2D eigenvalue weighted by Gasteiger charge is -2.14. The van der Waals surface area contributed by atoms with E-state index in [1.165, 1.54) is 25.1 Å². The van der Waals surface area contributed by atoms with Gasteiger partial charge in [0, 0.05) is 12.1 Å². The van der Waals surface area contributed by atoms with Crippen LogP contribution in [0.25, 0.3) is 0 Å². The number of hydrogen-bond donors (Lipinski definition) is 2. The number of carboxylic acid groups (broad SMARTS) is 1. The number of hydrogen-bond acceptors (Lipinski definition) is 2. The van der Waals surface area contributed by atoms with Crippen LogP contribution in [0.3, 0.4) is 0 Å². The molecule has 1 unspecified atom stereocenters. The van der Waals surface area contributed by atoms with Crippen molar-refractivity contribution in [3.8, 4) is 0 Å². The minimum Gasteiger partial charge on any atom is -0.481 e. The van der Waals surface area contributed by atoms with E-state index in [1.54, 1.807) is 0 Å². The Hall–Kier alpha value is -2.12. The lowest BCUT2D eigenvalue weighted by molar-refractivity contribution is -0.164. The third-order valence-electron chi connectivity index (χ3n) is 3.60. The summed E-state index contributed by atoms with van der Waals surface area (Å²) >= 11 is 0. The highest BCUT2D eigenvalue weighted by molar-refractivity contribution is 5.95. The molecule has 1 rings (SSSR count). The lowest BCUT2D eigenvalue weighted by Crippen LogP contribution is -2.26. The lowest BCUT2D eigenvalue weighted by atomic mass is 9.98. The maximum Gasteiger partial charge on any atom is 0.389 e. The number of nitrogens with one attached hydrogen (secondary N) is 1. The van der Waals surface area contributed by atoms with Crippen LogP contribution in [0.15, 0.2) is 18.2 Å². The van der Waals surface area contributed by atoms with Crippen LogP contribution in [-0.4, -0.2) is 29.7 Å². The van der Waals surface area contributed by atoms with Crippen molar-refractivity contribution in [3.63, 3.8) is 0 Å². The molecule has 0 heterocycles. The Morgan fingerprint density at radius 3 is 2.50 bits per heavy atom. The van der Waals surface area contributed by atoms with Crippen LogP contribution in [-0.2, 0) is 4.79 Å². The molecule has 0 spiro atoms. The zero-order chi connectivity index (χ0) is 18.3. The van der Waals surface area contributed by atoms with Gasteiger partial charge in [0.25, 0.3) is 5.91 Å². The molecule has 0 bridgehead atoms. The molecule has 1 amide bonds. The first-order valence-electron chi connectivity index (χ1n) is 7.44. The second kappa shape index (κ2) is 8.65. The number of benzene rings is 1. The van der Waals surface area contributed by atoms with Crippen molar-refractivity contribution in [1.82, 2.24) is 5.32 Å². The topological polar surface area (TPSA) is 66.4 Å². The van der Waals surface area contributed by atoms with Gasteiger partial charge in [-0.15, -0.1) is 0 Å². The number of unbranched alkanes of at least 4 members (excludes halogenated alkanes) is 1. The number of carbonyl (C=O) groups is 2. The summed E-state index contributed by atoms with van der Waals surface area (Å²) in [6, 6.07) is 4.11. The summed E-state index contributed by atoms with van der Waals surface area (Å²) in [6.07, 6.45) is -5.44. The smallest absolute Gasteiger partial charge is 0.389 e. The van der Waals surface area contributed by atoms with Crippen LogP contribution in [0, 0.1) is 18.7 Å². The fraction of sp³-hybridized carbons (Fsp3) is 0.500. The molecule has 134 valence electrons. The van der Waals surface area contributed by atoms with Crippen molar-refractivity contribution < 1.29 is 32.3 Å². The molecule has 4 nitrogen and oxygen atoms in total. The average Bonchev–Trinajstić information content (AvgIpc) is 2.47. The average molecular weight is 349 g/mol. The monoisotopic (exact) mass is 349 g/mol. The van der Waals surface area contributed by atoms with E-state index >= 15 is 0 Å². The SMILES string of the molecule is Cc1c(F)cccc1C(=O)NCCCCC(CC(F)(F)F)C(=O)O. The summed E-state index contributed by atoms with van der Waals surface area (Å²) in [7, 11) is 0. The van der Waals surface area contributed by atoms with Gasteiger partial charge in [-0.2, -0.15) is 13.2 Å². The maximum absolute atomic E-state index is 13.4. The first kappa shape index (κ1) is 19.9. The van der Waals surface area contributed by atoms with Crippen molar-refractivity contribution in [3.05, 3.63) is 35.1 Å². The number of halogens is 4. The van der Waals surface area contributed by atoms with E-state index in [9.17, 15) is 27.2 Å². The molecule has 0 fully saturated rings. The Balaban J connectivity index is 2.38. The van der Waals surface area contributed by atoms with Crippen molar-refractivity contribution in [2.24, 2.45) is 5.92 Å². The molecule has 1 atom stereocenters. The summed E-state index contributed by atoms with van der Waals surface area (Å²) in [6.45, 7) is 1.64. The molecule has 24 heavy (non-hydrogen) atoms. The van der Waals surface area contributed by atoms with Gasteiger partial charge in [0.2, 0.25) is 0 Å². The number of carbonyl (C=O) groups excluding carboxylic acids is 1. The Morgan fingerprint density at radius 1 is 1.25 bits per heavy atom. The van der Waals surface area contributed by atoms with Crippen LogP contribution in [0.5, 0.6) is 0 Å². The molecule has 0 aromatic heterocycles. The van der Waals surface area contributed by atoms with Gasteiger partial charge in [0.05, 0.1) is 12.3 Å².